The third-order valence-corrected chi connectivity index (χ3v) is 8.18. The first kappa shape index (κ1) is 26.4. The van der Waals surface area contributed by atoms with E-state index in [4.69, 9.17) is 4.52 Å². The molecule has 1 atom stereocenters. The first-order valence-corrected chi connectivity index (χ1v) is 14.4. The number of hydrogen-bond acceptors (Lipinski definition) is 6. The quantitative estimate of drug-likeness (QED) is 0.325. The molecule has 2 saturated heterocycles. The van der Waals surface area contributed by atoms with Crippen LogP contribution in [-0.4, -0.2) is 70.0 Å². The highest BCUT2D eigenvalue weighted by Gasteiger charge is 2.33. The molecular formula is C33H37N5O2. The van der Waals surface area contributed by atoms with Crippen molar-refractivity contribution >= 4 is 5.91 Å². The van der Waals surface area contributed by atoms with Crippen LogP contribution in [0.2, 0.25) is 0 Å². The molecule has 7 heteroatoms. The van der Waals surface area contributed by atoms with Gasteiger partial charge in [0.25, 0.3) is 0 Å². The number of benzene rings is 3. The van der Waals surface area contributed by atoms with Crippen LogP contribution in [0.4, 0.5) is 0 Å². The minimum Gasteiger partial charge on any atom is -0.340 e. The van der Waals surface area contributed by atoms with Gasteiger partial charge in [0.15, 0.2) is 0 Å². The van der Waals surface area contributed by atoms with Crippen LogP contribution in [0.3, 0.4) is 0 Å². The molecule has 0 bridgehead atoms. The summed E-state index contributed by atoms with van der Waals surface area (Å²) in [5.41, 5.74) is 4.71. The van der Waals surface area contributed by atoms with Gasteiger partial charge in [-0.2, -0.15) is 4.98 Å². The van der Waals surface area contributed by atoms with Gasteiger partial charge in [0.1, 0.15) is 0 Å². The lowest BCUT2D eigenvalue weighted by Crippen LogP contribution is -2.53. The predicted octanol–water partition coefficient (Wildman–Crippen LogP) is 5.19. The van der Waals surface area contributed by atoms with Crippen molar-refractivity contribution in [3.05, 3.63) is 108 Å². The zero-order valence-electron chi connectivity index (χ0n) is 23.2. The smallest absolute Gasteiger partial charge is 0.241 e. The van der Waals surface area contributed by atoms with E-state index in [1.54, 1.807) is 0 Å². The summed E-state index contributed by atoms with van der Waals surface area (Å²) in [4.78, 5) is 25.1. The number of carbonyl (C=O) groups excluding carboxylic acids is 1. The minimum atomic E-state index is 0.0125. The van der Waals surface area contributed by atoms with Crippen LogP contribution in [0.1, 0.15) is 41.5 Å². The maximum absolute atomic E-state index is 13.6. The van der Waals surface area contributed by atoms with Crippen molar-refractivity contribution in [2.45, 2.75) is 32.4 Å². The second-order valence-corrected chi connectivity index (χ2v) is 11.0. The predicted molar refractivity (Wildman–Crippen MR) is 155 cm³/mol. The van der Waals surface area contributed by atoms with Crippen molar-refractivity contribution in [3.63, 3.8) is 0 Å². The molecule has 2 aliphatic rings. The molecule has 0 saturated carbocycles. The number of piperidine rings is 1. The van der Waals surface area contributed by atoms with E-state index in [1.165, 1.54) is 11.1 Å². The number of likely N-dealkylation sites (tertiary alicyclic amines) is 1. The minimum absolute atomic E-state index is 0.0125. The van der Waals surface area contributed by atoms with Gasteiger partial charge in [0.2, 0.25) is 17.6 Å². The summed E-state index contributed by atoms with van der Waals surface area (Å²) >= 11 is 0. The Hall–Kier alpha value is -3.81. The van der Waals surface area contributed by atoms with Gasteiger partial charge in [0, 0.05) is 38.3 Å². The van der Waals surface area contributed by atoms with E-state index in [-0.39, 0.29) is 17.9 Å². The molecule has 0 N–H and O–H groups in total. The lowest BCUT2D eigenvalue weighted by atomic mass is 9.95. The van der Waals surface area contributed by atoms with Gasteiger partial charge in [-0.3, -0.25) is 14.6 Å². The number of nitrogens with zero attached hydrogens (tertiary/aromatic N) is 5. The highest BCUT2D eigenvalue weighted by Crippen LogP contribution is 2.30. The van der Waals surface area contributed by atoms with Gasteiger partial charge < -0.3 is 9.42 Å². The Kier molecular flexibility index (Phi) is 8.02. The normalized spacial score (nSPS) is 18.8. The average molecular weight is 536 g/mol. The van der Waals surface area contributed by atoms with E-state index < -0.39 is 0 Å². The SMILES string of the molecule is Cc1cccc(-c2noc(CN3CCCC(C(=O)N4CCN(C(c5ccccc5)c5ccccc5)CC4)C3)n2)c1. The van der Waals surface area contributed by atoms with Crippen LogP contribution in [-0.2, 0) is 11.3 Å². The lowest BCUT2D eigenvalue weighted by Gasteiger charge is -2.41. The van der Waals surface area contributed by atoms with E-state index >= 15 is 0 Å². The highest BCUT2D eigenvalue weighted by molar-refractivity contribution is 5.79. The molecule has 1 unspecified atom stereocenters. The summed E-state index contributed by atoms with van der Waals surface area (Å²) in [7, 11) is 0. The molecule has 0 spiro atoms. The monoisotopic (exact) mass is 535 g/mol. The Labute approximate surface area is 236 Å². The van der Waals surface area contributed by atoms with Gasteiger partial charge in [-0.1, -0.05) is 89.6 Å². The standard InChI is InChI=1S/C33H37N5O2/c1-25-10-8-15-28(22-25)32-34-30(40-35-32)24-36-17-9-16-29(23-36)33(39)38-20-18-37(19-21-38)31(26-11-4-2-5-12-26)27-13-6-3-7-14-27/h2-8,10-15,22,29,31H,9,16-21,23-24H2,1H3. The van der Waals surface area contributed by atoms with Gasteiger partial charge >= 0.3 is 0 Å². The van der Waals surface area contributed by atoms with Crippen LogP contribution in [0.15, 0.2) is 89.5 Å². The zero-order valence-corrected chi connectivity index (χ0v) is 23.2. The maximum atomic E-state index is 13.6. The summed E-state index contributed by atoms with van der Waals surface area (Å²) in [6.07, 6.45) is 1.93. The highest BCUT2D eigenvalue weighted by atomic mass is 16.5. The van der Waals surface area contributed by atoms with Crippen LogP contribution < -0.4 is 0 Å². The van der Waals surface area contributed by atoms with Crippen LogP contribution >= 0.6 is 0 Å². The van der Waals surface area contributed by atoms with E-state index in [0.29, 0.717) is 18.3 Å². The zero-order chi connectivity index (χ0) is 27.3. The molecule has 1 amide bonds. The van der Waals surface area contributed by atoms with Crippen molar-refractivity contribution in [1.82, 2.24) is 24.8 Å². The molecule has 2 aliphatic heterocycles. The van der Waals surface area contributed by atoms with Crippen molar-refractivity contribution < 1.29 is 9.32 Å². The largest absolute Gasteiger partial charge is 0.340 e. The van der Waals surface area contributed by atoms with Crippen molar-refractivity contribution in [2.24, 2.45) is 5.92 Å². The molecule has 4 aromatic rings. The summed E-state index contributed by atoms with van der Waals surface area (Å²) in [6.45, 7) is 7.55. The molecule has 40 heavy (non-hydrogen) atoms. The van der Waals surface area contributed by atoms with Crippen molar-refractivity contribution in [1.29, 1.82) is 0 Å². The number of amides is 1. The number of aryl methyl sites for hydroxylation is 1. The second-order valence-electron chi connectivity index (χ2n) is 11.0. The second kappa shape index (κ2) is 12.1. The molecule has 1 aromatic heterocycles. The molecule has 0 aliphatic carbocycles. The fourth-order valence-electron chi connectivity index (χ4n) is 6.16. The van der Waals surface area contributed by atoms with Crippen LogP contribution in [0, 0.1) is 12.8 Å². The average Bonchev–Trinajstić information content (AvgIpc) is 3.47. The Morgan fingerprint density at radius 3 is 2.27 bits per heavy atom. The Morgan fingerprint density at radius 2 is 1.60 bits per heavy atom. The number of rotatable bonds is 7. The van der Waals surface area contributed by atoms with Gasteiger partial charge in [-0.25, -0.2) is 0 Å². The maximum Gasteiger partial charge on any atom is 0.241 e. The third kappa shape index (κ3) is 6.01. The molecule has 2 fully saturated rings. The number of carbonyl (C=O) groups is 1. The summed E-state index contributed by atoms with van der Waals surface area (Å²) in [5.74, 6) is 1.52. The Balaban J connectivity index is 1.06. The summed E-state index contributed by atoms with van der Waals surface area (Å²) in [5, 5.41) is 4.19. The summed E-state index contributed by atoms with van der Waals surface area (Å²) in [6, 6.07) is 29.7. The lowest BCUT2D eigenvalue weighted by molar-refractivity contribution is -0.139. The van der Waals surface area contributed by atoms with E-state index in [0.717, 1.165) is 63.2 Å². The first-order valence-electron chi connectivity index (χ1n) is 14.4. The van der Waals surface area contributed by atoms with Gasteiger partial charge in [-0.15, -0.1) is 0 Å². The fraction of sp³-hybridized carbons (Fsp3) is 0.364. The molecule has 6 rings (SSSR count). The number of aromatic nitrogens is 2. The Bertz CT molecular complexity index is 1360. The third-order valence-electron chi connectivity index (χ3n) is 8.18. The van der Waals surface area contributed by atoms with Crippen molar-refractivity contribution in [3.8, 4) is 11.4 Å². The van der Waals surface area contributed by atoms with E-state index in [2.05, 4.69) is 105 Å². The van der Waals surface area contributed by atoms with Crippen LogP contribution in [0.5, 0.6) is 0 Å². The van der Waals surface area contributed by atoms with Gasteiger partial charge in [0.05, 0.1) is 18.5 Å². The molecule has 206 valence electrons. The van der Waals surface area contributed by atoms with E-state index in [9.17, 15) is 4.79 Å². The topological polar surface area (TPSA) is 65.7 Å². The molecule has 0 radical (unpaired) electrons. The van der Waals surface area contributed by atoms with Crippen molar-refractivity contribution in [2.75, 3.05) is 39.3 Å². The Morgan fingerprint density at radius 1 is 0.900 bits per heavy atom. The van der Waals surface area contributed by atoms with Gasteiger partial charge in [-0.05, 0) is 43.5 Å². The fourth-order valence-corrected chi connectivity index (χ4v) is 6.16. The first-order chi connectivity index (χ1) is 19.6. The number of piperazine rings is 1. The summed E-state index contributed by atoms with van der Waals surface area (Å²) < 4.78 is 5.58. The molecule has 3 heterocycles. The van der Waals surface area contributed by atoms with Crippen LogP contribution in [0.25, 0.3) is 11.4 Å². The molecular weight excluding hydrogens is 498 g/mol. The molecule has 3 aromatic carbocycles. The number of hydrogen-bond donors (Lipinski definition) is 0. The van der Waals surface area contributed by atoms with E-state index in [1.807, 2.05) is 12.1 Å². The molecule has 7 nitrogen and oxygen atoms in total.